The van der Waals surface area contributed by atoms with E-state index in [-0.39, 0.29) is 0 Å². The van der Waals surface area contributed by atoms with Gasteiger partial charge in [0.2, 0.25) is 0 Å². The van der Waals surface area contributed by atoms with Gasteiger partial charge in [-0.25, -0.2) is 0 Å². The molecule has 2 rings (SSSR count). The fourth-order valence-corrected chi connectivity index (χ4v) is 1.49. The Bertz CT molecular complexity index is 441. The van der Waals surface area contributed by atoms with E-state index in [1.54, 1.807) is 0 Å². The molecule has 0 radical (unpaired) electrons. The van der Waals surface area contributed by atoms with Crippen molar-refractivity contribution < 1.29 is 0 Å². The maximum absolute atomic E-state index is 4.25. The first kappa shape index (κ1) is 10.1. The minimum atomic E-state index is 0.992. The van der Waals surface area contributed by atoms with Crippen LogP contribution in [-0.4, -0.2) is 0 Å². The van der Waals surface area contributed by atoms with Gasteiger partial charge in [-0.3, -0.25) is 0 Å². The van der Waals surface area contributed by atoms with Crippen molar-refractivity contribution >= 4 is 24.8 Å². The fraction of sp³-hybridized carbons (Fsp3) is 0. The Morgan fingerprint density at radius 1 is 0.667 bits per heavy atom. The average Bonchev–Trinajstić information content (AvgIpc) is 2.30. The molecular weight excluding hydrogens is 200 g/mol. The standard InChI is InChI=1S/C14H12S/c15-14-10-8-13(9-11-14)7-6-12-4-2-1-3-5-12/h1-11,15H. The molecule has 74 valence electrons. The summed E-state index contributed by atoms with van der Waals surface area (Å²) >= 11 is 4.25. The molecule has 0 aliphatic carbocycles. The van der Waals surface area contributed by atoms with E-state index < -0.39 is 0 Å². The third-order valence-electron chi connectivity index (χ3n) is 2.16. The Labute approximate surface area is 95.7 Å². The van der Waals surface area contributed by atoms with Crippen LogP contribution in [0.3, 0.4) is 0 Å². The lowest BCUT2D eigenvalue weighted by Crippen LogP contribution is -1.72. The summed E-state index contributed by atoms with van der Waals surface area (Å²) < 4.78 is 0. The monoisotopic (exact) mass is 212 g/mol. The predicted molar refractivity (Wildman–Crippen MR) is 69.1 cm³/mol. The van der Waals surface area contributed by atoms with E-state index in [0.29, 0.717) is 0 Å². The Hall–Kier alpha value is -1.47. The quantitative estimate of drug-likeness (QED) is 0.561. The zero-order valence-corrected chi connectivity index (χ0v) is 9.19. The summed E-state index contributed by atoms with van der Waals surface area (Å²) in [5.41, 5.74) is 2.41. The van der Waals surface area contributed by atoms with Crippen LogP contribution in [0, 0.1) is 0 Å². The van der Waals surface area contributed by atoms with Crippen molar-refractivity contribution in [3.05, 3.63) is 65.7 Å². The molecule has 15 heavy (non-hydrogen) atoms. The summed E-state index contributed by atoms with van der Waals surface area (Å²) in [5, 5.41) is 0. The molecule has 0 aliphatic rings. The topological polar surface area (TPSA) is 0 Å². The Morgan fingerprint density at radius 3 is 1.80 bits per heavy atom. The third-order valence-corrected chi connectivity index (χ3v) is 2.46. The molecule has 2 aromatic carbocycles. The predicted octanol–water partition coefficient (Wildman–Crippen LogP) is 4.15. The summed E-state index contributed by atoms with van der Waals surface area (Å²) in [6.45, 7) is 0. The molecule has 0 amide bonds. The van der Waals surface area contributed by atoms with Crippen LogP contribution in [0.2, 0.25) is 0 Å². The maximum Gasteiger partial charge on any atom is 0.00403 e. The first-order chi connectivity index (χ1) is 7.34. The molecule has 0 saturated heterocycles. The van der Waals surface area contributed by atoms with Crippen molar-refractivity contribution in [1.82, 2.24) is 0 Å². The largest absolute Gasteiger partial charge is 0.143 e. The van der Waals surface area contributed by atoms with Gasteiger partial charge >= 0.3 is 0 Å². The van der Waals surface area contributed by atoms with E-state index in [1.165, 1.54) is 11.1 Å². The highest BCUT2D eigenvalue weighted by Crippen LogP contribution is 2.11. The highest BCUT2D eigenvalue weighted by atomic mass is 32.1. The second-order valence-electron chi connectivity index (χ2n) is 3.34. The first-order valence-corrected chi connectivity index (χ1v) is 5.31. The van der Waals surface area contributed by atoms with Gasteiger partial charge in [0.15, 0.2) is 0 Å². The van der Waals surface area contributed by atoms with Crippen LogP contribution in [0.15, 0.2) is 59.5 Å². The van der Waals surface area contributed by atoms with Crippen LogP contribution in [0.4, 0.5) is 0 Å². The highest BCUT2D eigenvalue weighted by molar-refractivity contribution is 7.80. The van der Waals surface area contributed by atoms with Gasteiger partial charge in [0, 0.05) is 4.90 Å². The number of benzene rings is 2. The zero-order valence-electron chi connectivity index (χ0n) is 8.30. The van der Waals surface area contributed by atoms with Gasteiger partial charge in [-0.05, 0) is 23.3 Å². The SMILES string of the molecule is Sc1ccc(C=Cc2ccccc2)cc1. The Balaban J connectivity index is 2.15. The molecule has 0 fully saturated rings. The fourth-order valence-electron chi connectivity index (χ4n) is 1.34. The normalized spacial score (nSPS) is 10.7. The van der Waals surface area contributed by atoms with E-state index in [1.807, 2.05) is 30.3 Å². The number of rotatable bonds is 2. The average molecular weight is 212 g/mol. The molecule has 0 atom stereocenters. The van der Waals surface area contributed by atoms with Gasteiger partial charge < -0.3 is 0 Å². The lowest BCUT2D eigenvalue weighted by Gasteiger charge is -1.94. The number of hydrogen-bond acceptors (Lipinski definition) is 1. The van der Waals surface area contributed by atoms with Crippen molar-refractivity contribution in [2.45, 2.75) is 4.90 Å². The number of thiol groups is 1. The second-order valence-corrected chi connectivity index (χ2v) is 3.85. The van der Waals surface area contributed by atoms with Gasteiger partial charge in [-0.2, -0.15) is 0 Å². The summed E-state index contributed by atoms with van der Waals surface area (Å²) in [6.07, 6.45) is 4.20. The molecule has 0 nitrogen and oxygen atoms in total. The van der Waals surface area contributed by atoms with Gasteiger partial charge in [0.05, 0.1) is 0 Å². The van der Waals surface area contributed by atoms with Crippen molar-refractivity contribution in [3.8, 4) is 0 Å². The smallest absolute Gasteiger partial charge is 0.00403 e. The van der Waals surface area contributed by atoms with Crippen LogP contribution in [0.25, 0.3) is 12.2 Å². The first-order valence-electron chi connectivity index (χ1n) is 4.87. The zero-order chi connectivity index (χ0) is 10.5. The summed E-state index contributed by atoms with van der Waals surface area (Å²) in [6, 6.07) is 18.4. The minimum absolute atomic E-state index is 0.992. The molecule has 0 spiro atoms. The van der Waals surface area contributed by atoms with Crippen LogP contribution in [-0.2, 0) is 0 Å². The molecule has 0 unspecified atom stereocenters. The van der Waals surface area contributed by atoms with Crippen molar-refractivity contribution in [2.75, 3.05) is 0 Å². The molecule has 0 N–H and O–H groups in total. The molecule has 0 aromatic heterocycles. The lowest BCUT2D eigenvalue weighted by molar-refractivity contribution is 1.46. The maximum atomic E-state index is 4.25. The second kappa shape index (κ2) is 4.85. The van der Waals surface area contributed by atoms with Crippen LogP contribution >= 0.6 is 12.6 Å². The van der Waals surface area contributed by atoms with Crippen LogP contribution in [0.5, 0.6) is 0 Å². The van der Waals surface area contributed by atoms with Gasteiger partial charge in [-0.1, -0.05) is 54.6 Å². The molecule has 0 heterocycles. The van der Waals surface area contributed by atoms with Gasteiger partial charge in [-0.15, -0.1) is 12.6 Å². The van der Waals surface area contributed by atoms with E-state index in [0.717, 1.165) is 4.90 Å². The Morgan fingerprint density at radius 2 is 1.20 bits per heavy atom. The molecular formula is C14H12S. The van der Waals surface area contributed by atoms with Gasteiger partial charge in [0.25, 0.3) is 0 Å². The van der Waals surface area contributed by atoms with Crippen molar-refractivity contribution in [3.63, 3.8) is 0 Å². The molecule has 0 bridgehead atoms. The summed E-state index contributed by atoms with van der Waals surface area (Å²) in [4.78, 5) is 0.992. The van der Waals surface area contributed by atoms with Crippen LogP contribution < -0.4 is 0 Å². The molecule has 1 heteroatoms. The van der Waals surface area contributed by atoms with E-state index in [2.05, 4.69) is 49.0 Å². The third kappa shape index (κ3) is 3.00. The van der Waals surface area contributed by atoms with Gasteiger partial charge in [0.1, 0.15) is 0 Å². The van der Waals surface area contributed by atoms with E-state index >= 15 is 0 Å². The number of hydrogen-bond donors (Lipinski definition) is 1. The van der Waals surface area contributed by atoms with Crippen molar-refractivity contribution in [1.29, 1.82) is 0 Å². The minimum Gasteiger partial charge on any atom is -0.143 e. The molecule has 0 saturated carbocycles. The summed E-state index contributed by atoms with van der Waals surface area (Å²) in [7, 11) is 0. The Kier molecular flexibility index (Phi) is 3.25. The summed E-state index contributed by atoms with van der Waals surface area (Å²) in [5.74, 6) is 0. The van der Waals surface area contributed by atoms with Crippen LogP contribution in [0.1, 0.15) is 11.1 Å². The molecule has 0 aliphatic heterocycles. The van der Waals surface area contributed by atoms with E-state index in [9.17, 15) is 0 Å². The highest BCUT2D eigenvalue weighted by Gasteiger charge is 1.87. The lowest BCUT2D eigenvalue weighted by atomic mass is 10.1. The van der Waals surface area contributed by atoms with E-state index in [4.69, 9.17) is 0 Å². The molecule has 2 aromatic rings. The van der Waals surface area contributed by atoms with Crippen molar-refractivity contribution in [2.24, 2.45) is 0 Å².